The highest BCUT2D eigenvalue weighted by molar-refractivity contribution is 7.89. The van der Waals surface area contributed by atoms with Gasteiger partial charge in [0, 0.05) is 25.3 Å². The van der Waals surface area contributed by atoms with Crippen molar-refractivity contribution < 1.29 is 17.9 Å². The van der Waals surface area contributed by atoms with E-state index in [1.54, 1.807) is 16.7 Å². The molecule has 1 aliphatic heterocycles. The Kier molecular flexibility index (Phi) is 6.45. The molecule has 1 N–H and O–H groups in total. The maximum Gasteiger partial charge on any atom is 0.329 e. The molecule has 0 atom stereocenters. The Morgan fingerprint density at radius 3 is 2.25 bits per heavy atom. The fourth-order valence-electron chi connectivity index (χ4n) is 3.86. The van der Waals surface area contributed by atoms with Crippen molar-refractivity contribution in [2.24, 2.45) is 0 Å². The Morgan fingerprint density at radius 1 is 1.00 bits per heavy atom. The first-order valence-corrected chi connectivity index (χ1v) is 12.0. The number of carbonyl (C=O) groups is 1. The molecular weight excluding hydrogens is 432 g/mol. The Bertz CT molecular complexity index is 1270. The van der Waals surface area contributed by atoms with E-state index in [4.69, 9.17) is 4.74 Å². The van der Waals surface area contributed by atoms with Gasteiger partial charge in [-0.2, -0.15) is 4.31 Å². The van der Waals surface area contributed by atoms with Crippen molar-refractivity contribution in [3.63, 3.8) is 0 Å². The minimum Gasteiger partial charge on any atom is -0.379 e. The minimum atomic E-state index is -3.60. The molecule has 3 aromatic rings. The first-order chi connectivity index (χ1) is 15.4. The number of fused-ring (bicyclic) bond motifs is 1. The summed E-state index contributed by atoms with van der Waals surface area (Å²) in [7, 11) is -3.60. The number of hydrogen-bond acceptors (Lipinski definition) is 5. The Balaban J connectivity index is 1.50. The lowest BCUT2D eigenvalue weighted by Gasteiger charge is -2.26. The Hall–Kier alpha value is -2.95. The molecule has 0 bridgehead atoms. The van der Waals surface area contributed by atoms with E-state index < -0.39 is 10.0 Å². The number of rotatable bonds is 7. The fraction of sp³-hybridized carbons (Fsp3) is 0.364. The second kappa shape index (κ2) is 9.27. The molecule has 4 rings (SSSR count). The van der Waals surface area contributed by atoms with Gasteiger partial charge < -0.3 is 10.1 Å². The molecule has 1 aromatic heterocycles. The van der Waals surface area contributed by atoms with Crippen LogP contribution in [-0.4, -0.2) is 54.1 Å². The minimum absolute atomic E-state index is 0.135. The standard InChI is InChI=1S/C22H26N4O5S/c1-2-11-25-19-5-3-4-6-20(19)26(22(25)28)16-21(27)23-17-7-9-18(10-8-17)32(29,30)24-12-14-31-15-13-24/h3-10H,2,11-16H2,1H3,(H,23,27). The fourth-order valence-corrected chi connectivity index (χ4v) is 5.26. The molecule has 0 saturated carbocycles. The average molecular weight is 459 g/mol. The van der Waals surface area contributed by atoms with E-state index in [1.165, 1.54) is 21.0 Å². The van der Waals surface area contributed by atoms with Crippen LogP contribution in [0.4, 0.5) is 5.69 Å². The van der Waals surface area contributed by atoms with E-state index in [2.05, 4.69) is 5.32 Å². The van der Waals surface area contributed by atoms with E-state index in [0.29, 0.717) is 44.1 Å². The summed E-state index contributed by atoms with van der Waals surface area (Å²) in [6.07, 6.45) is 0.805. The molecule has 0 aliphatic carbocycles. The summed E-state index contributed by atoms with van der Waals surface area (Å²) >= 11 is 0. The zero-order valence-electron chi connectivity index (χ0n) is 17.9. The lowest BCUT2D eigenvalue weighted by molar-refractivity contribution is -0.116. The molecule has 32 heavy (non-hydrogen) atoms. The van der Waals surface area contributed by atoms with E-state index in [0.717, 1.165) is 11.9 Å². The van der Waals surface area contributed by atoms with Crippen molar-refractivity contribution in [1.29, 1.82) is 0 Å². The predicted molar refractivity (Wildman–Crippen MR) is 121 cm³/mol. The number of anilines is 1. The van der Waals surface area contributed by atoms with Crippen LogP contribution in [0.25, 0.3) is 11.0 Å². The van der Waals surface area contributed by atoms with Crippen LogP contribution >= 0.6 is 0 Å². The predicted octanol–water partition coefficient (Wildman–Crippen LogP) is 1.87. The molecular formula is C22H26N4O5S. The van der Waals surface area contributed by atoms with Crippen molar-refractivity contribution >= 4 is 32.7 Å². The highest BCUT2D eigenvalue weighted by Gasteiger charge is 2.26. The van der Waals surface area contributed by atoms with Crippen molar-refractivity contribution in [2.45, 2.75) is 31.3 Å². The van der Waals surface area contributed by atoms with Gasteiger partial charge in [-0.25, -0.2) is 13.2 Å². The first-order valence-electron chi connectivity index (χ1n) is 10.6. The maximum atomic E-state index is 12.8. The monoisotopic (exact) mass is 458 g/mol. The van der Waals surface area contributed by atoms with E-state index >= 15 is 0 Å². The van der Waals surface area contributed by atoms with Gasteiger partial charge in [-0.3, -0.25) is 13.9 Å². The highest BCUT2D eigenvalue weighted by atomic mass is 32.2. The maximum absolute atomic E-state index is 12.8. The first kappa shape index (κ1) is 22.3. The Labute approximate surface area is 186 Å². The topological polar surface area (TPSA) is 103 Å². The number of amides is 1. The van der Waals surface area contributed by atoms with E-state index in [1.807, 2.05) is 31.2 Å². The summed E-state index contributed by atoms with van der Waals surface area (Å²) in [5, 5.41) is 2.75. The molecule has 2 aromatic carbocycles. The molecule has 170 valence electrons. The van der Waals surface area contributed by atoms with Gasteiger partial charge in [-0.1, -0.05) is 19.1 Å². The third kappa shape index (κ3) is 4.34. The highest BCUT2D eigenvalue weighted by Crippen LogP contribution is 2.20. The van der Waals surface area contributed by atoms with Crippen LogP contribution < -0.4 is 11.0 Å². The SMILES string of the molecule is CCCn1c(=O)n(CC(=O)Nc2ccc(S(=O)(=O)N3CCOCC3)cc2)c2ccccc21. The second-order valence-corrected chi connectivity index (χ2v) is 9.54. The third-order valence-electron chi connectivity index (χ3n) is 5.42. The molecule has 0 spiro atoms. The number of aromatic nitrogens is 2. The van der Waals surface area contributed by atoms with Crippen LogP contribution in [0.5, 0.6) is 0 Å². The van der Waals surface area contributed by atoms with Crippen molar-refractivity contribution in [3.8, 4) is 0 Å². The van der Waals surface area contributed by atoms with Gasteiger partial charge in [-0.15, -0.1) is 0 Å². The normalized spacial score (nSPS) is 15.2. The van der Waals surface area contributed by atoms with Gasteiger partial charge in [0.15, 0.2) is 0 Å². The lowest BCUT2D eigenvalue weighted by Crippen LogP contribution is -2.40. The summed E-state index contributed by atoms with van der Waals surface area (Å²) in [6.45, 7) is 3.83. The van der Waals surface area contributed by atoms with E-state index in [-0.39, 0.29) is 23.0 Å². The summed E-state index contributed by atoms with van der Waals surface area (Å²) in [4.78, 5) is 25.7. The number of morpholine rings is 1. The number of nitrogens with one attached hydrogen (secondary N) is 1. The number of ether oxygens (including phenoxy) is 1. The lowest BCUT2D eigenvalue weighted by atomic mass is 10.3. The molecule has 1 fully saturated rings. The quantitative estimate of drug-likeness (QED) is 0.582. The smallest absolute Gasteiger partial charge is 0.329 e. The van der Waals surface area contributed by atoms with Crippen LogP contribution in [0.15, 0.2) is 58.2 Å². The van der Waals surface area contributed by atoms with Crippen LogP contribution in [-0.2, 0) is 32.6 Å². The summed E-state index contributed by atoms with van der Waals surface area (Å²) < 4.78 is 35.2. The van der Waals surface area contributed by atoms with Gasteiger partial charge in [-0.05, 0) is 42.8 Å². The number of carbonyl (C=O) groups excluding carboxylic acids is 1. The summed E-state index contributed by atoms with van der Waals surface area (Å²) in [5.41, 5.74) is 1.73. The van der Waals surface area contributed by atoms with Crippen LogP contribution in [0, 0.1) is 0 Å². The summed E-state index contributed by atoms with van der Waals surface area (Å²) in [5.74, 6) is -0.365. The number of aryl methyl sites for hydroxylation is 1. The zero-order valence-corrected chi connectivity index (χ0v) is 18.7. The largest absolute Gasteiger partial charge is 0.379 e. The van der Waals surface area contributed by atoms with Crippen molar-refractivity contribution in [1.82, 2.24) is 13.4 Å². The second-order valence-electron chi connectivity index (χ2n) is 7.60. The van der Waals surface area contributed by atoms with Gasteiger partial charge >= 0.3 is 5.69 Å². The molecule has 10 heteroatoms. The van der Waals surface area contributed by atoms with E-state index in [9.17, 15) is 18.0 Å². The number of para-hydroxylation sites is 2. The third-order valence-corrected chi connectivity index (χ3v) is 7.33. The van der Waals surface area contributed by atoms with Gasteiger partial charge in [0.2, 0.25) is 15.9 Å². The van der Waals surface area contributed by atoms with Crippen molar-refractivity contribution in [3.05, 3.63) is 59.0 Å². The number of nitrogens with zero attached hydrogens (tertiary/aromatic N) is 3. The van der Waals surface area contributed by atoms with Crippen LogP contribution in [0.1, 0.15) is 13.3 Å². The molecule has 0 unspecified atom stereocenters. The molecule has 1 saturated heterocycles. The molecule has 1 amide bonds. The number of sulfonamides is 1. The number of benzene rings is 2. The number of hydrogen-bond donors (Lipinski definition) is 1. The zero-order chi connectivity index (χ0) is 22.7. The molecule has 9 nitrogen and oxygen atoms in total. The molecule has 1 aliphatic rings. The van der Waals surface area contributed by atoms with Gasteiger partial charge in [0.1, 0.15) is 6.54 Å². The van der Waals surface area contributed by atoms with Crippen LogP contribution in [0.3, 0.4) is 0 Å². The average Bonchev–Trinajstić information content (AvgIpc) is 3.06. The number of imidazole rings is 1. The van der Waals surface area contributed by atoms with Gasteiger partial charge in [0.25, 0.3) is 0 Å². The molecule has 2 heterocycles. The van der Waals surface area contributed by atoms with Crippen molar-refractivity contribution in [2.75, 3.05) is 31.6 Å². The van der Waals surface area contributed by atoms with Gasteiger partial charge in [0.05, 0.1) is 29.1 Å². The van der Waals surface area contributed by atoms with Crippen LogP contribution in [0.2, 0.25) is 0 Å². The molecule has 0 radical (unpaired) electrons. The summed E-state index contributed by atoms with van der Waals surface area (Å²) in [6, 6.07) is 13.4. The Morgan fingerprint density at radius 2 is 1.62 bits per heavy atom.